The van der Waals surface area contributed by atoms with Gasteiger partial charge in [-0.15, -0.1) is 22.9 Å². The summed E-state index contributed by atoms with van der Waals surface area (Å²) in [6, 6.07) is 9.81. The lowest BCUT2D eigenvalue weighted by Crippen LogP contribution is -2.02. The average molecular weight is 327 g/mol. The molecule has 20 heavy (non-hydrogen) atoms. The van der Waals surface area contributed by atoms with Crippen LogP contribution in [0.1, 0.15) is 10.7 Å². The molecular formula is C14H12Cl2N2OS. The molecular weight excluding hydrogens is 315 g/mol. The van der Waals surface area contributed by atoms with E-state index in [0.29, 0.717) is 12.4 Å². The van der Waals surface area contributed by atoms with Crippen molar-refractivity contribution in [2.75, 3.05) is 7.11 Å². The maximum Gasteiger partial charge on any atom is 0.146 e. The minimum Gasteiger partial charge on any atom is -0.494 e. The highest BCUT2D eigenvalue weighted by molar-refractivity contribution is 7.16. The maximum absolute atomic E-state index is 6.02. The molecule has 3 aromatic rings. The molecule has 0 bridgehead atoms. The second kappa shape index (κ2) is 5.64. The number of aromatic nitrogens is 2. The van der Waals surface area contributed by atoms with Gasteiger partial charge in [-0.05, 0) is 24.3 Å². The molecule has 0 aliphatic heterocycles. The third kappa shape index (κ3) is 2.39. The van der Waals surface area contributed by atoms with Crippen LogP contribution in [0.2, 0.25) is 4.34 Å². The van der Waals surface area contributed by atoms with Gasteiger partial charge in [0.25, 0.3) is 0 Å². The van der Waals surface area contributed by atoms with E-state index in [0.717, 1.165) is 26.9 Å². The number of nitrogens with zero attached hydrogens (tertiary/aromatic N) is 2. The summed E-state index contributed by atoms with van der Waals surface area (Å²) in [5.74, 6) is 1.95. The van der Waals surface area contributed by atoms with E-state index < -0.39 is 0 Å². The molecule has 0 aliphatic carbocycles. The molecule has 2 aromatic heterocycles. The summed E-state index contributed by atoms with van der Waals surface area (Å²) in [4.78, 5) is 5.75. The number of para-hydroxylation sites is 1. The van der Waals surface area contributed by atoms with Gasteiger partial charge in [0.1, 0.15) is 17.1 Å². The van der Waals surface area contributed by atoms with Crippen molar-refractivity contribution in [1.29, 1.82) is 0 Å². The number of hydrogen-bond acceptors (Lipinski definition) is 3. The van der Waals surface area contributed by atoms with Crippen molar-refractivity contribution >= 4 is 45.6 Å². The predicted octanol–water partition coefficient (Wildman–Crippen LogP) is 4.55. The standard InChI is InChI=1S/C14H12Cl2N2OS/c1-19-11-4-2-3-10-14(11)17-13(7-15)18(10)8-9-5-6-12(16)20-9/h2-6H,7-8H2,1H3. The van der Waals surface area contributed by atoms with Gasteiger partial charge in [-0.1, -0.05) is 17.7 Å². The number of ether oxygens (including phenoxy) is 1. The molecule has 0 saturated heterocycles. The lowest BCUT2D eigenvalue weighted by Gasteiger charge is -2.06. The van der Waals surface area contributed by atoms with Crippen molar-refractivity contribution in [1.82, 2.24) is 9.55 Å². The zero-order valence-electron chi connectivity index (χ0n) is 10.8. The summed E-state index contributed by atoms with van der Waals surface area (Å²) < 4.78 is 8.25. The van der Waals surface area contributed by atoms with E-state index in [4.69, 9.17) is 27.9 Å². The Morgan fingerprint density at radius 1 is 1.30 bits per heavy atom. The number of methoxy groups -OCH3 is 1. The Hall–Kier alpha value is -1.23. The van der Waals surface area contributed by atoms with Crippen molar-refractivity contribution in [2.24, 2.45) is 0 Å². The van der Waals surface area contributed by atoms with Crippen molar-refractivity contribution in [3.63, 3.8) is 0 Å². The quantitative estimate of drug-likeness (QED) is 0.658. The molecule has 0 spiro atoms. The molecule has 6 heteroatoms. The zero-order valence-corrected chi connectivity index (χ0v) is 13.1. The van der Waals surface area contributed by atoms with E-state index in [1.54, 1.807) is 18.4 Å². The minimum absolute atomic E-state index is 0.358. The van der Waals surface area contributed by atoms with Crippen LogP contribution in [-0.4, -0.2) is 16.7 Å². The third-order valence-electron chi connectivity index (χ3n) is 3.10. The van der Waals surface area contributed by atoms with E-state index >= 15 is 0 Å². The topological polar surface area (TPSA) is 27.1 Å². The number of fused-ring (bicyclic) bond motifs is 1. The van der Waals surface area contributed by atoms with Crippen molar-refractivity contribution in [2.45, 2.75) is 12.4 Å². The lowest BCUT2D eigenvalue weighted by atomic mass is 10.3. The molecule has 3 nitrogen and oxygen atoms in total. The summed E-state index contributed by atoms with van der Waals surface area (Å²) in [5.41, 5.74) is 1.86. The molecule has 0 radical (unpaired) electrons. The SMILES string of the molecule is COc1cccc2c1nc(CCl)n2Cc1ccc(Cl)s1. The highest BCUT2D eigenvalue weighted by atomic mass is 35.5. The second-order valence-corrected chi connectivity index (χ2v) is 6.35. The molecule has 0 atom stereocenters. The van der Waals surface area contributed by atoms with E-state index in [9.17, 15) is 0 Å². The number of hydrogen-bond donors (Lipinski definition) is 0. The van der Waals surface area contributed by atoms with Gasteiger partial charge in [0.15, 0.2) is 0 Å². The third-order valence-corrected chi connectivity index (χ3v) is 4.56. The zero-order chi connectivity index (χ0) is 14.1. The van der Waals surface area contributed by atoms with Gasteiger partial charge in [-0.25, -0.2) is 4.98 Å². The largest absolute Gasteiger partial charge is 0.494 e. The summed E-state index contributed by atoms with van der Waals surface area (Å²) in [6.45, 7) is 0.711. The fraction of sp³-hybridized carbons (Fsp3) is 0.214. The Labute approximate surface area is 130 Å². The van der Waals surface area contributed by atoms with Crippen LogP contribution in [0.5, 0.6) is 5.75 Å². The molecule has 0 aliphatic rings. The summed E-state index contributed by atoms with van der Waals surface area (Å²) in [7, 11) is 1.65. The van der Waals surface area contributed by atoms with Gasteiger partial charge in [0, 0.05) is 4.88 Å². The van der Waals surface area contributed by atoms with Gasteiger partial charge < -0.3 is 9.30 Å². The Bertz CT molecular complexity index is 751. The van der Waals surface area contributed by atoms with Gasteiger partial charge >= 0.3 is 0 Å². The van der Waals surface area contributed by atoms with Crippen LogP contribution >= 0.6 is 34.5 Å². The number of alkyl halides is 1. The van der Waals surface area contributed by atoms with E-state index in [-0.39, 0.29) is 0 Å². The van der Waals surface area contributed by atoms with Gasteiger partial charge in [-0.2, -0.15) is 0 Å². The Balaban J connectivity index is 2.13. The highest BCUT2D eigenvalue weighted by Crippen LogP contribution is 2.29. The Morgan fingerprint density at radius 3 is 2.80 bits per heavy atom. The van der Waals surface area contributed by atoms with Crippen molar-refractivity contribution < 1.29 is 4.74 Å². The van der Waals surface area contributed by atoms with Crippen LogP contribution in [0.4, 0.5) is 0 Å². The van der Waals surface area contributed by atoms with Crippen molar-refractivity contribution in [3.8, 4) is 5.75 Å². The molecule has 1 aromatic carbocycles. The highest BCUT2D eigenvalue weighted by Gasteiger charge is 2.14. The van der Waals surface area contributed by atoms with E-state index in [2.05, 4.69) is 9.55 Å². The number of thiophene rings is 1. The molecule has 104 valence electrons. The molecule has 0 N–H and O–H groups in total. The number of benzene rings is 1. The predicted molar refractivity (Wildman–Crippen MR) is 84.3 cm³/mol. The van der Waals surface area contributed by atoms with Crippen LogP contribution in [0.15, 0.2) is 30.3 Å². The number of rotatable bonds is 4. The van der Waals surface area contributed by atoms with Crippen LogP contribution < -0.4 is 4.74 Å². The maximum atomic E-state index is 6.02. The minimum atomic E-state index is 0.358. The van der Waals surface area contributed by atoms with Crippen LogP contribution in [0, 0.1) is 0 Å². The van der Waals surface area contributed by atoms with Gasteiger partial charge in [-0.3, -0.25) is 0 Å². The van der Waals surface area contributed by atoms with Gasteiger partial charge in [0.05, 0.1) is 29.4 Å². The molecule has 0 amide bonds. The normalized spacial score (nSPS) is 11.2. The molecule has 3 rings (SSSR count). The first kappa shape index (κ1) is 13.7. The summed E-state index contributed by atoms with van der Waals surface area (Å²) in [6.07, 6.45) is 0. The molecule has 0 fully saturated rings. The van der Waals surface area contributed by atoms with Crippen LogP contribution in [0.3, 0.4) is 0 Å². The first-order valence-electron chi connectivity index (χ1n) is 6.05. The second-order valence-electron chi connectivity index (χ2n) is 4.28. The fourth-order valence-corrected chi connectivity index (χ4v) is 3.49. The Morgan fingerprint density at radius 2 is 2.15 bits per heavy atom. The molecule has 0 unspecified atom stereocenters. The smallest absolute Gasteiger partial charge is 0.146 e. The van der Waals surface area contributed by atoms with Crippen molar-refractivity contribution in [3.05, 3.63) is 45.4 Å². The average Bonchev–Trinajstić information content (AvgIpc) is 3.03. The first-order chi connectivity index (χ1) is 9.72. The van der Waals surface area contributed by atoms with Gasteiger partial charge in [0.2, 0.25) is 0 Å². The molecule has 0 saturated carbocycles. The van der Waals surface area contributed by atoms with Crippen LogP contribution in [-0.2, 0) is 12.4 Å². The van der Waals surface area contributed by atoms with E-state index in [1.807, 2.05) is 30.3 Å². The van der Waals surface area contributed by atoms with E-state index in [1.165, 1.54) is 4.88 Å². The lowest BCUT2D eigenvalue weighted by molar-refractivity contribution is 0.419. The monoisotopic (exact) mass is 326 g/mol. The fourth-order valence-electron chi connectivity index (χ4n) is 2.21. The number of imidazole rings is 1. The Kier molecular flexibility index (Phi) is 3.87. The summed E-state index contributed by atoms with van der Waals surface area (Å²) in [5, 5.41) is 0. The number of halogens is 2. The summed E-state index contributed by atoms with van der Waals surface area (Å²) >= 11 is 13.6. The first-order valence-corrected chi connectivity index (χ1v) is 7.78. The molecule has 2 heterocycles. The van der Waals surface area contributed by atoms with Crippen LogP contribution in [0.25, 0.3) is 11.0 Å².